The van der Waals surface area contributed by atoms with E-state index >= 15 is 0 Å². The fourth-order valence-electron chi connectivity index (χ4n) is 4.24. The normalized spacial score (nSPS) is 17.9. The Morgan fingerprint density at radius 2 is 1.94 bits per heavy atom. The summed E-state index contributed by atoms with van der Waals surface area (Å²) < 4.78 is 33.1. The van der Waals surface area contributed by atoms with Crippen LogP contribution in [0.2, 0.25) is 0 Å². The maximum absolute atomic E-state index is 13.2. The lowest BCUT2D eigenvalue weighted by Crippen LogP contribution is -2.43. The van der Waals surface area contributed by atoms with Gasteiger partial charge in [0.05, 0.1) is 4.90 Å². The van der Waals surface area contributed by atoms with Crippen molar-refractivity contribution in [3.63, 3.8) is 0 Å². The van der Waals surface area contributed by atoms with Crippen molar-refractivity contribution in [3.05, 3.63) is 23.8 Å². The number of carbonyl (C=O) groups excluding carboxylic acids is 2. The number of hydrogen-bond acceptors (Lipinski definition) is 5. The Balaban J connectivity index is 1.59. The molecule has 2 aliphatic rings. The van der Waals surface area contributed by atoms with E-state index in [2.05, 4.69) is 5.32 Å². The summed E-state index contributed by atoms with van der Waals surface area (Å²) in [5.74, 6) is -0.201. The second-order valence-electron chi connectivity index (χ2n) is 8.08. The quantitative estimate of drug-likeness (QED) is 0.610. The zero-order valence-electron chi connectivity index (χ0n) is 18.4. The average Bonchev–Trinajstić information content (AvgIpc) is 2.78. The van der Waals surface area contributed by atoms with Crippen molar-refractivity contribution in [2.24, 2.45) is 5.92 Å². The molecule has 2 heterocycles. The van der Waals surface area contributed by atoms with Crippen LogP contribution in [0.15, 0.2) is 23.1 Å². The van der Waals surface area contributed by atoms with Gasteiger partial charge in [0.25, 0.3) is 0 Å². The van der Waals surface area contributed by atoms with Crippen molar-refractivity contribution in [2.45, 2.75) is 50.8 Å². The molecule has 2 amide bonds. The van der Waals surface area contributed by atoms with Crippen LogP contribution in [-0.4, -0.2) is 63.9 Å². The van der Waals surface area contributed by atoms with Crippen LogP contribution < -0.4 is 10.2 Å². The molecule has 0 aromatic heterocycles. The molecule has 2 aliphatic heterocycles. The highest BCUT2D eigenvalue weighted by molar-refractivity contribution is 7.89. The van der Waals surface area contributed by atoms with Crippen molar-refractivity contribution in [1.29, 1.82) is 0 Å². The first-order valence-corrected chi connectivity index (χ1v) is 12.5. The maximum atomic E-state index is 13.2. The van der Waals surface area contributed by atoms with Gasteiger partial charge in [-0.05, 0) is 62.8 Å². The second-order valence-corrected chi connectivity index (χ2v) is 10.0. The van der Waals surface area contributed by atoms with Crippen molar-refractivity contribution in [1.82, 2.24) is 9.62 Å². The zero-order valence-corrected chi connectivity index (χ0v) is 19.2. The topological polar surface area (TPSA) is 96.0 Å². The van der Waals surface area contributed by atoms with Gasteiger partial charge < -0.3 is 15.0 Å². The molecule has 0 saturated carbocycles. The van der Waals surface area contributed by atoms with E-state index in [0.29, 0.717) is 52.2 Å². The fraction of sp³-hybridized carbons (Fsp3) is 0.636. The van der Waals surface area contributed by atoms with Crippen LogP contribution in [0.3, 0.4) is 0 Å². The molecule has 8 nitrogen and oxygen atoms in total. The van der Waals surface area contributed by atoms with Gasteiger partial charge in [-0.25, -0.2) is 8.42 Å². The molecule has 9 heteroatoms. The van der Waals surface area contributed by atoms with Crippen molar-refractivity contribution < 1.29 is 22.7 Å². The molecule has 1 aromatic rings. The van der Waals surface area contributed by atoms with Crippen LogP contribution in [-0.2, 0) is 30.8 Å². The smallest absolute Gasteiger partial charge is 0.243 e. The van der Waals surface area contributed by atoms with Crippen molar-refractivity contribution >= 4 is 27.5 Å². The molecule has 0 atom stereocenters. The van der Waals surface area contributed by atoms with E-state index < -0.39 is 10.0 Å². The number of ether oxygens (including phenoxy) is 1. The number of sulfonamides is 1. The Labute approximate surface area is 185 Å². The first-order chi connectivity index (χ1) is 14.8. The van der Waals surface area contributed by atoms with Crippen LogP contribution in [0, 0.1) is 5.92 Å². The summed E-state index contributed by atoms with van der Waals surface area (Å²) in [5, 5.41) is 2.92. The van der Waals surface area contributed by atoms with E-state index in [1.54, 1.807) is 23.1 Å². The van der Waals surface area contributed by atoms with Gasteiger partial charge in [-0.2, -0.15) is 4.31 Å². The third kappa shape index (κ3) is 5.64. The fourth-order valence-corrected chi connectivity index (χ4v) is 5.76. The Hall–Kier alpha value is -1.97. The SMILES string of the molecule is CCOCCCNC(=O)C1CCN(S(=O)(=O)c2ccc3c(c2)CCCN3C(C)=O)CC1. The van der Waals surface area contributed by atoms with Gasteiger partial charge >= 0.3 is 0 Å². The Morgan fingerprint density at radius 1 is 1.19 bits per heavy atom. The Kier molecular flexibility index (Phi) is 8.07. The van der Waals surface area contributed by atoms with Crippen molar-refractivity contribution in [3.8, 4) is 0 Å². The number of aryl methyl sites for hydroxylation is 1. The van der Waals surface area contributed by atoms with E-state index in [0.717, 1.165) is 30.5 Å². The van der Waals surface area contributed by atoms with Gasteiger partial charge in [-0.15, -0.1) is 0 Å². The van der Waals surface area contributed by atoms with Crippen LogP contribution in [0.1, 0.15) is 45.1 Å². The Morgan fingerprint density at radius 3 is 2.61 bits per heavy atom. The van der Waals surface area contributed by atoms with Crippen LogP contribution in [0.4, 0.5) is 5.69 Å². The summed E-state index contributed by atoms with van der Waals surface area (Å²) in [7, 11) is -3.63. The molecular weight excluding hydrogens is 418 g/mol. The van der Waals surface area contributed by atoms with E-state index in [-0.39, 0.29) is 22.6 Å². The molecule has 0 radical (unpaired) electrons. The predicted octanol–water partition coefficient (Wildman–Crippen LogP) is 1.93. The summed E-state index contributed by atoms with van der Waals surface area (Å²) in [6.07, 6.45) is 3.38. The summed E-state index contributed by atoms with van der Waals surface area (Å²) in [6.45, 7) is 6.65. The number of fused-ring (bicyclic) bond motifs is 1. The molecule has 3 rings (SSSR count). The molecule has 0 aliphatic carbocycles. The number of nitrogens with one attached hydrogen (secondary N) is 1. The van der Waals surface area contributed by atoms with Crippen molar-refractivity contribution in [2.75, 3.05) is 44.3 Å². The number of amides is 2. The largest absolute Gasteiger partial charge is 0.382 e. The number of anilines is 1. The van der Waals surface area contributed by atoms with Gasteiger partial charge in [-0.1, -0.05) is 0 Å². The number of rotatable bonds is 8. The predicted molar refractivity (Wildman–Crippen MR) is 118 cm³/mol. The first kappa shape index (κ1) is 23.7. The summed E-state index contributed by atoms with van der Waals surface area (Å²) in [5.41, 5.74) is 1.70. The molecule has 1 fully saturated rings. The minimum absolute atomic E-state index is 0.00773. The second kappa shape index (κ2) is 10.6. The molecule has 0 bridgehead atoms. The van der Waals surface area contributed by atoms with Gasteiger partial charge in [0, 0.05) is 57.9 Å². The average molecular weight is 452 g/mol. The monoisotopic (exact) mass is 451 g/mol. The van der Waals surface area contributed by atoms with Gasteiger partial charge in [0.2, 0.25) is 21.8 Å². The number of piperidine rings is 1. The number of hydrogen-bond donors (Lipinski definition) is 1. The third-order valence-electron chi connectivity index (χ3n) is 5.98. The molecule has 1 saturated heterocycles. The lowest BCUT2D eigenvalue weighted by atomic mass is 9.97. The van der Waals surface area contributed by atoms with E-state index in [1.807, 2.05) is 6.92 Å². The highest BCUT2D eigenvalue weighted by Crippen LogP contribution is 2.31. The molecular formula is C22H33N3O5S. The number of nitrogens with zero attached hydrogens (tertiary/aromatic N) is 2. The number of carbonyl (C=O) groups is 2. The molecule has 1 aromatic carbocycles. The third-order valence-corrected chi connectivity index (χ3v) is 7.88. The summed E-state index contributed by atoms with van der Waals surface area (Å²) >= 11 is 0. The van der Waals surface area contributed by atoms with E-state index in [4.69, 9.17) is 4.74 Å². The maximum Gasteiger partial charge on any atom is 0.243 e. The Bertz CT molecular complexity index is 894. The first-order valence-electron chi connectivity index (χ1n) is 11.1. The summed E-state index contributed by atoms with van der Waals surface area (Å²) in [4.78, 5) is 26.2. The van der Waals surface area contributed by atoms with Crippen LogP contribution in [0.5, 0.6) is 0 Å². The van der Waals surface area contributed by atoms with E-state index in [1.165, 1.54) is 11.2 Å². The zero-order chi connectivity index (χ0) is 22.4. The highest BCUT2D eigenvalue weighted by atomic mass is 32.2. The lowest BCUT2D eigenvalue weighted by molar-refractivity contribution is -0.126. The molecule has 1 N–H and O–H groups in total. The van der Waals surface area contributed by atoms with Gasteiger partial charge in [0.15, 0.2) is 0 Å². The van der Waals surface area contributed by atoms with Gasteiger partial charge in [0.1, 0.15) is 0 Å². The minimum Gasteiger partial charge on any atom is -0.382 e. The minimum atomic E-state index is -3.63. The van der Waals surface area contributed by atoms with Crippen LogP contribution >= 0.6 is 0 Å². The molecule has 31 heavy (non-hydrogen) atoms. The van der Waals surface area contributed by atoms with Gasteiger partial charge in [-0.3, -0.25) is 9.59 Å². The summed E-state index contributed by atoms with van der Waals surface area (Å²) in [6, 6.07) is 5.04. The standard InChI is InChI=1S/C22H33N3O5S/c1-3-30-15-5-11-23-22(27)18-9-13-24(14-10-18)31(28,29)20-7-8-21-19(16-20)6-4-12-25(21)17(2)26/h7-8,16,18H,3-6,9-15H2,1-2H3,(H,23,27). The lowest BCUT2D eigenvalue weighted by Gasteiger charge is -2.32. The van der Waals surface area contributed by atoms with E-state index in [9.17, 15) is 18.0 Å². The van der Waals surface area contributed by atoms with Crippen LogP contribution in [0.25, 0.3) is 0 Å². The molecule has 172 valence electrons. The molecule has 0 spiro atoms. The molecule has 0 unspecified atom stereocenters. The highest BCUT2D eigenvalue weighted by Gasteiger charge is 2.33. The number of benzene rings is 1.